The summed E-state index contributed by atoms with van der Waals surface area (Å²) in [7, 11) is 0. The summed E-state index contributed by atoms with van der Waals surface area (Å²) in [6.07, 6.45) is 3.52. The number of nitrogens with one attached hydrogen (secondary N) is 1. The molecule has 0 spiro atoms. The Balaban J connectivity index is 1.64. The van der Waals surface area contributed by atoms with Gasteiger partial charge in [-0.15, -0.1) is 11.8 Å². The minimum atomic E-state index is 0.555. The molecule has 0 radical (unpaired) electrons. The fourth-order valence-corrected chi connectivity index (χ4v) is 2.57. The van der Waals surface area contributed by atoms with Crippen molar-refractivity contribution in [1.82, 2.24) is 5.16 Å². The summed E-state index contributed by atoms with van der Waals surface area (Å²) in [4.78, 5) is 1.26. The molecule has 112 valence electrons. The summed E-state index contributed by atoms with van der Waals surface area (Å²) in [6.45, 7) is 0.771. The Morgan fingerprint density at radius 3 is 2.41 bits per heavy atom. The number of hydrogen-bond acceptors (Lipinski definition) is 5. The maximum absolute atomic E-state index is 5.80. The fourth-order valence-electron chi connectivity index (χ4n) is 2.16. The van der Waals surface area contributed by atoms with Crippen LogP contribution < -0.4 is 11.1 Å². The molecule has 0 bridgehead atoms. The van der Waals surface area contributed by atoms with Crippen molar-refractivity contribution in [3.63, 3.8) is 0 Å². The molecule has 1 aromatic heterocycles. The highest BCUT2D eigenvalue weighted by atomic mass is 32.2. The van der Waals surface area contributed by atoms with Crippen LogP contribution in [0.5, 0.6) is 0 Å². The van der Waals surface area contributed by atoms with E-state index in [-0.39, 0.29) is 0 Å². The van der Waals surface area contributed by atoms with Crippen molar-refractivity contribution in [1.29, 1.82) is 0 Å². The first-order valence-electron chi connectivity index (χ1n) is 6.93. The lowest BCUT2D eigenvalue weighted by Gasteiger charge is -2.08. The van der Waals surface area contributed by atoms with Crippen LogP contribution in [-0.2, 0) is 6.54 Å². The van der Waals surface area contributed by atoms with Crippen LogP contribution in [0.3, 0.4) is 0 Å². The number of rotatable bonds is 5. The van der Waals surface area contributed by atoms with E-state index in [9.17, 15) is 0 Å². The van der Waals surface area contributed by atoms with Gasteiger partial charge in [0.05, 0.1) is 0 Å². The van der Waals surface area contributed by atoms with E-state index in [0.29, 0.717) is 11.4 Å². The van der Waals surface area contributed by atoms with Gasteiger partial charge in [0, 0.05) is 22.7 Å². The van der Waals surface area contributed by atoms with Crippen LogP contribution in [-0.4, -0.2) is 11.4 Å². The molecule has 0 saturated heterocycles. The smallest absolute Gasteiger partial charge is 0.147 e. The topological polar surface area (TPSA) is 64.1 Å². The van der Waals surface area contributed by atoms with E-state index >= 15 is 0 Å². The van der Waals surface area contributed by atoms with Gasteiger partial charge in [-0.1, -0.05) is 29.4 Å². The molecule has 0 unspecified atom stereocenters. The van der Waals surface area contributed by atoms with Gasteiger partial charge in [0.25, 0.3) is 0 Å². The highest BCUT2D eigenvalue weighted by Crippen LogP contribution is 2.24. The van der Waals surface area contributed by atoms with Gasteiger partial charge in [-0.2, -0.15) is 0 Å². The summed E-state index contributed by atoms with van der Waals surface area (Å²) in [5, 5.41) is 7.32. The third kappa shape index (κ3) is 3.26. The maximum atomic E-state index is 5.80. The minimum Gasteiger partial charge on any atom is -0.394 e. The van der Waals surface area contributed by atoms with Gasteiger partial charge >= 0.3 is 0 Å². The van der Waals surface area contributed by atoms with Crippen LogP contribution in [0.25, 0.3) is 11.3 Å². The van der Waals surface area contributed by atoms with Gasteiger partial charge < -0.3 is 15.6 Å². The largest absolute Gasteiger partial charge is 0.394 e. The monoisotopic (exact) mass is 311 g/mol. The van der Waals surface area contributed by atoms with Gasteiger partial charge in [0.2, 0.25) is 0 Å². The van der Waals surface area contributed by atoms with Crippen LogP contribution in [0.1, 0.15) is 5.56 Å². The maximum Gasteiger partial charge on any atom is 0.147 e. The molecule has 0 aliphatic rings. The average molecular weight is 311 g/mol. The molecule has 0 saturated carbocycles. The highest BCUT2D eigenvalue weighted by Gasteiger charge is 2.06. The van der Waals surface area contributed by atoms with Crippen molar-refractivity contribution >= 4 is 23.1 Å². The van der Waals surface area contributed by atoms with E-state index in [1.807, 2.05) is 12.1 Å². The lowest BCUT2D eigenvalue weighted by Crippen LogP contribution is -1.99. The van der Waals surface area contributed by atoms with Crippen LogP contribution in [0.15, 0.2) is 64.2 Å². The van der Waals surface area contributed by atoms with Crippen molar-refractivity contribution in [2.45, 2.75) is 11.4 Å². The van der Waals surface area contributed by atoms with Gasteiger partial charge in [0.15, 0.2) is 0 Å². The van der Waals surface area contributed by atoms with E-state index in [2.05, 4.69) is 53.1 Å². The molecular weight excluding hydrogens is 294 g/mol. The minimum absolute atomic E-state index is 0.555. The Hall–Kier alpha value is -2.40. The Bertz CT molecular complexity index is 735. The molecule has 3 N–H and O–H groups in total. The fraction of sp³-hybridized carbons (Fsp3) is 0.118. The van der Waals surface area contributed by atoms with Crippen LogP contribution in [0, 0.1) is 0 Å². The molecule has 3 rings (SSSR count). The zero-order valence-corrected chi connectivity index (χ0v) is 13.1. The van der Waals surface area contributed by atoms with Crippen LogP contribution in [0.2, 0.25) is 0 Å². The Labute approximate surface area is 133 Å². The second kappa shape index (κ2) is 6.58. The van der Waals surface area contributed by atoms with Crippen molar-refractivity contribution < 1.29 is 4.52 Å². The zero-order valence-electron chi connectivity index (χ0n) is 12.2. The first-order valence-corrected chi connectivity index (χ1v) is 8.16. The number of nitrogens with zero attached hydrogens (tertiary/aromatic N) is 1. The van der Waals surface area contributed by atoms with Crippen molar-refractivity contribution in [2.75, 3.05) is 17.3 Å². The predicted octanol–water partition coefficient (Wildman–Crippen LogP) is 4.26. The first kappa shape index (κ1) is 14.5. The van der Waals surface area contributed by atoms with Gasteiger partial charge in [-0.05, 0) is 36.1 Å². The number of aromatic nitrogens is 1. The second-order valence-electron chi connectivity index (χ2n) is 4.90. The Kier molecular flexibility index (Phi) is 4.34. The molecule has 4 nitrogen and oxygen atoms in total. The summed E-state index contributed by atoms with van der Waals surface area (Å²) < 4.78 is 4.87. The molecule has 2 aromatic carbocycles. The standard InChI is InChI=1S/C17H17N3OS/c1-22-15-8-6-14(7-9-15)19-10-12-2-4-13(5-3-12)17-16(18)11-21-20-17/h2-9,11,19H,10,18H2,1H3. The lowest BCUT2D eigenvalue weighted by atomic mass is 10.1. The summed E-state index contributed by atoms with van der Waals surface area (Å²) in [5.41, 5.74) is 10.3. The number of anilines is 2. The molecule has 22 heavy (non-hydrogen) atoms. The molecule has 1 heterocycles. The van der Waals surface area contributed by atoms with Gasteiger partial charge in [-0.25, -0.2) is 0 Å². The van der Waals surface area contributed by atoms with Crippen molar-refractivity contribution in [3.8, 4) is 11.3 Å². The molecule has 5 heteroatoms. The van der Waals surface area contributed by atoms with E-state index < -0.39 is 0 Å². The first-order chi connectivity index (χ1) is 10.8. The molecule has 0 aliphatic carbocycles. The lowest BCUT2D eigenvalue weighted by molar-refractivity contribution is 0.422. The number of nitrogen functional groups attached to an aromatic ring is 1. The number of hydrogen-bond donors (Lipinski definition) is 2. The normalized spacial score (nSPS) is 10.6. The van der Waals surface area contributed by atoms with E-state index in [0.717, 1.165) is 17.8 Å². The Morgan fingerprint density at radius 1 is 1.09 bits per heavy atom. The SMILES string of the molecule is CSc1ccc(NCc2ccc(-c3nocc3N)cc2)cc1. The number of thioether (sulfide) groups is 1. The number of benzene rings is 2. The molecule has 3 aromatic rings. The van der Waals surface area contributed by atoms with Crippen LogP contribution >= 0.6 is 11.8 Å². The van der Waals surface area contributed by atoms with Gasteiger partial charge in [0.1, 0.15) is 17.6 Å². The summed E-state index contributed by atoms with van der Waals surface area (Å²) >= 11 is 1.74. The van der Waals surface area contributed by atoms with Crippen molar-refractivity contribution in [3.05, 3.63) is 60.4 Å². The third-order valence-corrected chi connectivity index (χ3v) is 4.15. The summed E-state index contributed by atoms with van der Waals surface area (Å²) in [5.74, 6) is 0. The molecule has 0 fully saturated rings. The second-order valence-corrected chi connectivity index (χ2v) is 5.78. The van der Waals surface area contributed by atoms with E-state index in [4.69, 9.17) is 10.3 Å². The zero-order chi connectivity index (χ0) is 15.4. The van der Waals surface area contributed by atoms with Gasteiger partial charge in [-0.3, -0.25) is 0 Å². The average Bonchev–Trinajstić information content (AvgIpc) is 3.00. The predicted molar refractivity (Wildman–Crippen MR) is 91.9 cm³/mol. The highest BCUT2D eigenvalue weighted by molar-refractivity contribution is 7.98. The Morgan fingerprint density at radius 2 is 1.82 bits per heavy atom. The van der Waals surface area contributed by atoms with E-state index in [1.54, 1.807) is 11.8 Å². The van der Waals surface area contributed by atoms with Crippen LogP contribution in [0.4, 0.5) is 11.4 Å². The molecule has 0 atom stereocenters. The summed E-state index contributed by atoms with van der Waals surface area (Å²) in [6, 6.07) is 16.5. The molecule has 0 amide bonds. The van der Waals surface area contributed by atoms with E-state index in [1.165, 1.54) is 16.7 Å². The van der Waals surface area contributed by atoms with Crippen molar-refractivity contribution in [2.24, 2.45) is 0 Å². The quantitative estimate of drug-likeness (QED) is 0.689. The molecule has 0 aliphatic heterocycles. The molecular formula is C17H17N3OS. The number of nitrogens with two attached hydrogens (primary N) is 1. The third-order valence-electron chi connectivity index (χ3n) is 3.41.